The first kappa shape index (κ1) is 9.03. The molecule has 1 aliphatic heterocycles. The van der Waals surface area contributed by atoms with E-state index in [1.807, 2.05) is 6.92 Å². The summed E-state index contributed by atoms with van der Waals surface area (Å²) in [5, 5.41) is 0. The Morgan fingerprint density at radius 1 is 1.67 bits per heavy atom. The molecule has 1 fully saturated rings. The molecule has 0 spiro atoms. The van der Waals surface area contributed by atoms with E-state index in [1.165, 1.54) is 7.11 Å². The Morgan fingerprint density at radius 3 is 2.75 bits per heavy atom. The Bertz CT molecular complexity index is 197. The first-order valence-electron chi connectivity index (χ1n) is 3.96. The minimum absolute atomic E-state index is 0.0865. The van der Waals surface area contributed by atoms with Crippen molar-refractivity contribution in [1.29, 1.82) is 0 Å². The molecule has 0 aromatic rings. The summed E-state index contributed by atoms with van der Waals surface area (Å²) >= 11 is 0. The van der Waals surface area contributed by atoms with Crippen LogP contribution in [-0.4, -0.2) is 25.2 Å². The molecule has 0 saturated carbocycles. The molecule has 0 bridgehead atoms. The highest BCUT2D eigenvalue weighted by molar-refractivity contribution is 5.84. The lowest BCUT2D eigenvalue weighted by Gasteiger charge is -2.33. The van der Waals surface area contributed by atoms with Gasteiger partial charge >= 0.3 is 11.9 Å². The minimum Gasteiger partial charge on any atom is -0.469 e. The molecule has 1 heterocycles. The Balaban J connectivity index is 2.40. The lowest BCUT2D eigenvalue weighted by atomic mass is 9.92. The average molecular weight is 172 g/mol. The van der Waals surface area contributed by atoms with Crippen LogP contribution >= 0.6 is 0 Å². The summed E-state index contributed by atoms with van der Waals surface area (Å²) in [5.41, 5.74) is 0. The van der Waals surface area contributed by atoms with Gasteiger partial charge in [0.1, 0.15) is 12.0 Å². The van der Waals surface area contributed by atoms with Gasteiger partial charge in [-0.2, -0.15) is 0 Å². The molecule has 12 heavy (non-hydrogen) atoms. The van der Waals surface area contributed by atoms with E-state index in [0.29, 0.717) is 0 Å². The van der Waals surface area contributed by atoms with Crippen LogP contribution in [0.2, 0.25) is 0 Å². The monoisotopic (exact) mass is 172 g/mol. The molecule has 0 unspecified atom stereocenters. The summed E-state index contributed by atoms with van der Waals surface area (Å²) in [4.78, 5) is 21.6. The van der Waals surface area contributed by atoms with Gasteiger partial charge in [0, 0.05) is 0 Å². The summed E-state index contributed by atoms with van der Waals surface area (Å²) in [6.07, 6.45) is 0.818. The summed E-state index contributed by atoms with van der Waals surface area (Å²) in [5.74, 6) is -0.912. The van der Waals surface area contributed by atoms with Crippen LogP contribution in [0.15, 0.2) is 0 Å². The van der Waals surface area contributed by atoms with Gasteiger partial charge in [0.2, 0.25) is 0 Å². The smallest absolute Gasteiger partial charge is 0.313 e. The summed E-state index contributed by atoms with van der Waals surface area (Å²) in [6, 6.07) is 0. The number of carbonyl (C=O) groups is 2. The average Bonchev–Trinajstić information content (AvgIpc) is 2.09. The van der Waals surface area contributed by atoms with E-state index >= 15 is 0 Å². The first-order chi connectivity index (χ1) is 5.69. The summed E-state index contributed by atoms with van der Waals surface area (Å²) < 4.78 is 9.25. The predicted molar refractivity (Wildman–Crippen MR) is 40.3 cm³/mol. The molecular formula is C8H12O4. The zero-order valence-corrected chi connectivity index (χ0v) is 7.20. The topological polar surface area (TPSA) is 52.6 Å². The highest BCUT2D eigenvalue weighted by Crippen LogP contribution is 2.27. The van der Waals surface area contributed by atoms with Crippen LogP contribution in [0.25, 0.3) is 0 Å². The van der Waals surface area contributed by atoms with E-state index < -0.39 is 0 Å². The van der Waals surface area contributed by atoms with Crippen molar-refractivity contribution in [2.45, 2.75) is 25.9 Å². The van der Waals surface area contributed by atoms with E-state index in [-0.39, 0.29) is 30.4 Å². The lowest BCUT2D eigenvalue weighted by Crippen LogP contribution is -2.45. The van der Waals surface area contributed by atoms with Crippen molar-refractivity contribution in [3.8, 4) is 0 Å². The quantitative estimate of drug-likeness (QED) is 0.582. The molecule has 4 heteroatoms. The van der Waals surface area contributed by atoms with Gasteiger partial charge in [-0.15, -0.1) is 0 Å². The van der Waals surface area contributed by atoms with Crippen molar-refractivity contribution in [2.75, 3.05) is 7.11 Å². The molecule has 1 saturated heterocycles. The van der Waals surface area contributed by atoms with Crippen LogP contribution in [0.5, 0.6) is 0 Å². The van der Waals surface area contributed by atoms with Crippen molar-refractivity contribution >= 4 is 11.9 Å². The highest BCUT2D eigenvalue weighted by Gasteiger charge is 2.42. The third-order valence-corrected chi connectivity index (χ3v) is 2.04. The normalized spacial score (nSPS) is 27.3. The van der Waals surface area contributed by atoms with Gasteiger partial charge < -0.3 is 9.47 Å². The largest absolute Gasteiger partial charge is 0.469 e. The van der Waals surface area contributed by atoms with Crippen LogP contribution in [0.1, 0.15) is 19.8 Å². The van der Waals surface area contributed by atoms with Crippen LogP contribution < -0.4 is 0 Å². The third kappa shape index (κ3) is 1.57. The molecule has 0 aromatic heterocycles. The Kier molecular flexibility index (Phi) is 2.68. The number of carbonyl (C=O) groups excluding carboxylic acids is 2. The molecule has 0 amide bonds. The fourth-order valence-electron chi connectivity index (χ4n) is 1.24. The Hall–Kier alpha value is -1.06. The van der Waals surface area contributed by atoms with Gasteiger partial charge in [0.25, 0.3) is 0 Å². The van der Waals surface area contributed by atoms with Crippen molar-refractivity contribution in [3.05, 3.63) is 0 Å². The molecule has 0 radical (unpaired) electrons. The maximum atomic E-state index is 10.8. The van der Waals surface area contributed by atoms with E-state index in [2.05, 4.69) is 4.74 Å². The predicted octanol–water partition coefficient (Wildman–Crippen LogP) is 0.501. The van der Waals surface area contributed by atoms with E-state index in [1.54, 1.807) is 0 Å². The second-order valence-corrected chi connectivity index (χ2v) is 2.77. The second-order valence-electron chi connectivity index (χ2n) is 2.77. The molecular weight excluding hydrogens is 160 g/mol. The Labute approximate surface area is 70.8 Å². The van der Waals surface area contributed by atoms with Crippen LogP contribution in [0.4, 0.5) is 0 Å². The maximum absolute atomic E-state index is 10.8. The summed E-state index contributed by atoms with van der Waals surface area (Å²) in [6.45, 7) is 1.92. The SMILES string of the molecule is CC[C@H]1OC(=O)[C@@H]1CC(=O)OC. The number of rotatable bonds is 3. The van der Waals surface area contributed by atoms with Gasteiger partial charge in [0.05, 0.1) is 13.5 Å². The van der Waals surface area contributed by atoms with E-state index in [9.17, 15) is 9.59 Å². The zero-order chi connectivity index (χ0) is 9.14. The van der Waals surface area contributed by atoms with Crippen molar-refractivity contribution in [1.82, 2.24) is 0 Å². The van der Waals surface area contributed by atoms with E-state index in [0.717, 1.165) is 6.42 Å². The first-order valence-corrected chi connectivity index (χ1v) is 3.96. The number of esters is 2. The molecule has 4 nitrogen and oxygen atoms in total. The fraction of sp³-hybridized carbons (Fsp3) is 0.750. The van der Waals surface area contributed by atoms with Crippen LogP contribution in [-0.2, 0) is 19.1 Å². The van der Waals surface area contributed by atoms with Gasteiger partial charge in [-0.25, -0.2) is 0 Å². The number of methoxy groups -OCH3 is 1. The molecule has 0 aliphatic carbocycles. The molecule has 1 aliphatic rings. The van der Waals surface area contributed by atoms with Crippen molar-refractivity contribution in [3.63, 3.8) is 0 Å². The van der Waals surface area contributed by atoms with Gasteiger partial charge in [-0.1, -0.05) is 6.92 Å². The molecule has 68 valence electrons. The second kappa shape index (κ2) is 3.56. The zero-order valence-electron chi connectivity index (χ0n) is 7.20. The number of ether oxygens (including phenoxy) is 2. The highest BCUT2D eigenvalue weighted by atomic mass is 16.6. The van der Waals surface area contributed by atoms with Crippen molar-refractivity contribution < 1.29 is 19.1 Å². The molecule has 1 rings (SSSR count). The van der Waals surface area contributed by atoms with Crippen molar-refractivity contribution in [2.24, 2.45) is 5.92 Å². The third-order valence-electron chi connectivity index (χ3n) is 2.04. The fourth-order valence-corrected chi connectivity index (χ4v) is 1.24. The number of hydrogen-bond acceptors (Lipinski definition) is 4. The van der Waals surface area contributed by atoms with Gasteiger partial charge in [0.15, 0.2) is 0 Å². The Morgan fingerprint density at radius 2 is 2.33 bits per heavy atom. The van der Waals surface area contributed by atoms with Gasteiger partial charge in [-0.05, 0) is 6.42 Å². The number of hydrogen-bond donors (Lipinski definition) is 0. The molecule has 0 aromatic carbocycles. The maximum Gasteiger partial charge on any atom is 0.313 e. The minimum atomic E-state index is -0.352. The van der Waals surface area contributed by atoms with E-state index in [4.69, 9.17) is 4.74 Å². The van der Waals surface area contributed by atoms with Crippen LogP contribution in [0.3, 0.4) is 0 Å². The molecule has 2 atom stereocenters. The lowest BCUT2D eigenvalue weighted by molar-refractivity contribution is -0.188. The standard InChI is InChI=1S/C8H12O4/c1-3-6-5(8(10)12-6)4-7(9)11-2/h5-6H,3-4H2,1-2H3/t5-,6-/m1/s1. The molecule has 0 N–H and O–H groups in total. The van der Waals surface area contributed by atoms with Gasteiger partial charge in [-0.3, -0.25) is 9.59 Å². The number of cyclic esters (lactones) is 1. The summed E-state index contributed by atoms with van der Waals surface area (Å²) in [7, 11) is 1.31. The van der Waals surface area contributed by atoms with Crippen LogP contribution in [0, 0.1) is 5.92 Å².